The van der Waals surface area contributed by atoms with E-state index in [2.05, 4.69) is 13.2 Å². The van der Waals surface area contributed by atoms with Gasteiger partial charge in [0.15, 0.2) is 0 Å². The Morgan fingerprint density at radius 1 is 0.762 bits per heavy atom. The highest BCUT2D eigenvalue weighted by Gasteiger charge is 2.08. The second kappa shape index (κ2) is 6.80. The van der Waals surface area contributed by atoms with Crippen molar-refractivity contribution in [2.45, 2.75) is 19.3 Å². The molecule has 2 aromatic carbocycles. The third-order valence-electron chi connectivity index (χ3n) is 3.43. The lowest BCUT2D eigenvalue weighted by molar-refractivity contribution is 0.462. The minimum absolute atomic E-state index is 0.247. The molecule has 0 unspecified atom stereocenters. The van der Waals surface area contributed by atoms with Gasteiger partial charge in [0.2, 0.25) is 0 Å². The van der Waals surface area contributed by atoms with Gasteiger partial charge in [-0.05, 0) is 47.2 Å². The molecule has 21 heavy (non-hydrogen) atoms. The fraction of sp³-hybridized carbons (Fsp3) is 0.158. The summed E-state index contributed by atoms with van der Waals surface area (Å²) in [4.78, 5) is 0. The van der Waals surface area contributed by atoms with E-state index in [4.69, 9.17) is 0 Å². The van der Waals surface area contributed by atoms with Crippen LogP contribution in [0.25, 0.3) is 0 Å². The molecule has 0 aliphatic heterocycles. The van der Waals surface area contributed by atoms with Crippen molar-refractivity contribution in [3.05, 3.63) is 84.0 Å². The number of hydrogen-bond acceptors (Lipinski definition) is 2. The van der Waals surface area contributed by atoms with Crippen LogP contribution in [-0.2, 0) is 19.3 Å². The maximum Gasteiger partial charge on any atom is 0.119 e. The van der Waals surface area contributed by atoms with Crippen LogP contribution in [0.2, 0.25) is 0 Å². The van der Waals surface area contributed by atoms with Crippen molar-refractivity contribution in [3.8, 4) is 11.5 Å². The summed E-state index contributed by atoms with van der Waals surface area (Å²) in [6.45, 7) is 7.45. The predicted octanol–water partition coefficient (Wildman–Crippen LogP) is 4.15. The molecule has 0 spiro atoms. The number of aromatic hydroxyl groups is 2. The number of benzene rings is 2. The molecule has 0 bridgehead atoms. The summed E-state index contributed by atoms with van der Waals surface area (Å²) in [7, 11) is 0. The lowest BCUT2D eigenvalue weighted by Crippen LogP contribution is -1.94. The Labute approximate surface area is 125 Å². The van der Waals surface area contributed by atoms with Gasteiger partial charge in [-0.3, -0.25) is 0 Å². The minimum atomic E-state index is 0.247. The van der Waals surface area contributed by atoms with Crippen molar-refractivity contribution in [1.29, 1.82) is 0 Å². The van der Waals surface area contributed by atoms with Crippen LogP contribution in [0, 0.1) is 0 Å². The summed E-state index contributed by atoms with van der Waals surface area (Å²) >= 11 is 0. The normalized spacial score (nSPS) is 10.3. The fourth-order valence-electron chi connectivity index (χ4n) is 2.35. The molecule has 2 N–H and O–H groups in total. The minimum Gasteiger partial charge on any atom is -0.508 e. The number of allylic oxidation sites excluding steroid dienone is 2. The molecule has 2 nitrogen and oxygen atoms in total. The molecular formula is C19H20O2. The molecule has 108 valence electrons. The van der Waals surface area contributed by atoms with Crippen LogP contribution >= 0.6 is 0 Å². The third kappa shape index (κ3) is 3.76. The van der Waals surface area contributed by atoms with Gasteiger partial charge in [-0.1, -0.05) is 36.4 Å². The summed E-state index contributed by atoms with van der Waals surface area (Å²) in [5.74, 6) is 0.493. The molecule has 0 atom stereocenters. The van der Waals surface area contributed by atoms with Crippen molar-refractivity contribution < 1.29 is 10.2 Å². The Hall–Kier alpha value is -2.48. The predicted molar refractivity (Wildman–Crippen MR) is 86.8 cm³/mol. The van der Waals surface area contributed by atoms with Gasteiger partial charge in [0.1, 0.15) is 11.5 Å². The molecule has 0 amide bonds. The monoisotopic (exact) mass is 280 g/mol. The lowest BCUT2D eigenvalue weighted by Gasteiger charge is -2.10. The molecule has 0 aromatic heterocycles. The Morgan fingerprint density at radius 3 is 1.57 bits per heavy atom. The van der Waals surface area contributed by atoms with Gasteiger partial charge in [0, 0.05) is 6.42 Å². The van der Waals surface area contributed by atoms with E-state index in [0.717, 1.165) is 35.1 Å². The smallest absolute Gasteiger partial charge is 0.119 e. The van der Waals surface area contributed by atoms with Gasteiger partial charge < -0.3 is 10.2 Å². The first-order valence-corrected chi connectivity index (χ1v) is 6.97. The highest BCUT2D eigenvalue weighted by atomic mass is 16.3. The van der Waals surface area contributed by atoms with E-state index in [9.17, 15) is 10.2 Å². The first kappa shape index (κ1) is 14.9. The fourth-order valence-corrected chi connectivity index (χ4v) is 2.35. The molecule has 2 rings (SSSR count). The maximum atomic E-state index is 10.0. The standard InChI is InChI=1S/C19H20O2/c1-3-5-14-7-9-18(20)16(11-14)13-17-12-15(6-4-2)8-10-19(17)21/h3-4,7-12,20-21H,1-2,5-6,13H2. The van der Waals surface area contributed by atoms with Crippen LogP contribution in [0.1, 0.15) is 22.3 Å². The van der Waals surface area contributed by atoms with Gasteiger partial charge in [-0.25, -0.2) is 0 Å². The third-order valence-corrected chi connectivity index (χ3v) is 3.43. The van der Waals surface area contributed by atoms with Gasteiger partial charge in [0.25, 0.3) is 0 Å². The molecule has 0 fully saturated rings. The van der Waals surface area contributed by atoms with Gasteiger partial charge >= 0.3 is 0 Å². The average molecular weight is 280 g/mol. The quantitative estimate of drug-likeness (QED) is 0.780. The van der Waals surface area contributed by atoms with Crippen LogP contribution in [-0.4, -0.2) is 10.2 Å². The summed E-state index contributed by atoms with van der Waals surface area (Å²) in [5.41, 5.74) is 3.81. The highest BCUT2D eigenvalue weighted by Crippen LogP contribution is 2.27. The summed E-state index contributed by atoms with van der Waals surface area (Å²) in [5, 5.41) is 20.0. The van der Waals surface area contributed by atoms with Crippen molar-refractivity contribution in [2.24, 2.45) is 0 Å². The van der Waals surface area contributed by atoms with E-state index in [-0.39, 0.29) is 11.5 Å². The zero-order valence-corrected chi connectivity index (χ0v) is 12.0. The first-order chi connectivity index (χ1) is 10.1. The molecule has 0 heterocycles. The molecule has 0 aliphatic rings. The molecule has 2 aromatic rings. The zero-order valence-electron chi connectivity index (χ0n) is 12.0. The average Bonchev–Trinajstić information content (AvgIpc) is 2.46. The Kier molecular flexibility index (Phi) is 4.83. The maximum absolute atomic E-state index is 10.0. The number of rotatable bonds is 6. The van der Waals surface area contributed by atoms with Crippen LogP contribution < -0.4 is 0 Å². The number of hydrogen-bond donors (Lipinski definition) is 2. The first-order valence-electron chi connectivity index (χ1n) is 6.97. The van der Waals surface area contributed by atoms with Crippen molar-refractivity contribution in [1.82, 2.24) is 0 Å². The zero-order chi connectivity index (χ0) is 15.2. The lowest BCUT2D eigenvalue weighted by atomic mass is 9.98. The van der Waals surface area contributed by atoms with E-state index in [0.29, 0.717) is 6.42 Å². The van der Waals surface area contributed by atoms with E-state index in [1.807, 2.05) is 36.4 Å². The molecule has 0 aliphatic carbocycles. The van der Waals surface area contributed by atoms with Gasteiger partial charge in [0.05, 0.1) is 0 Å². The van der Waals surface area contributed by atoms with E-state index in [1.165, 1.54) is 0 Å². The van der Waals surface area contributed by atoms with Crippen molar-refractivity contribution in [3.63, 3.8) is 0 Å². The van der Waals surface area contributed by atoms with Gasteiger partial charge in [-0.2, -0.15) is 0 Å². The summed E-state index contributed by atoms with van der Waals surface area (Å²) in [6.07, 6.45) is 5.68. The highest BCUT2D eigenvalue weighted by molar-refractivity contribution is 5.45. The molecular weight excluding hydrogens is 260 g/mol. The van der Waals surface area contributed by atoms with Crippen LogP contribution in [0.4, 0.5) is 0 Å². The van der Waals surface area contributed by atoms with Crippen LogP contribution in [0.3, 0.4) is 0 Å². The second-order valence-corrected chi connectivity index (χ2v) is 5.09. The van der Waals surface area contributed by atoms with Crippen LogP contribution in [0.5, 0.6) is 11.5 Å². The molecule has 0 saturated carbocycles. The summed E-state index contributed by atoms with van der Waals surface area (Å²) in [6, 6.07) is 11.1. The van der Waals surface area contributed by atoms with E-state index in [1.54, 1.807) is 12.1 Å². The number of phenolic OH excluding ortho intramolecular Hbond substituents is 2. The molecule has 0 radical (unpaired) electrons. The Morgan fingerprint density at radius 2 is 1.19 bits per heavy atom. The SMILES string of the molecule is C=CCc1ccc(O)c(Cc2cc(CC=C)ccc2O)c1. The topological polar surface area (TPSA) is 40.5 Å². The van der Waals surface area contributed by atoms with Crippen LogP contribution in [0.15, 0.2) is 61.7 Å². The van der Waals surface area contributed by atoms with E-state index >= 15 is 0 Å². The molecule has 0 saturated heterocycles. The van der Waals surface area contributed by atoms with E-state index < -0.39 is 0 Å². The number of phenols is 2. The van der Waals surface area contributed by atoms with Crippen molar-refractivity contribution in [2.75, 3.05) is 0 Å². The Balaban J connectivity index is 2.32. The van der Waals surface area contributed by atoms with Gasteiger partial charge in [-0.15, -0.1) is 13.2 Å². The Bertz CT molecular complexity index is 599. The largest absolute Gasteiger partial charge is 0.508 e. The second-order valence-electron chi connectivity index (χ2n) is 5.09. The summed E-state index contributed by atoms with van der Waals surface area (Å²) < 4.78 is 0. The van der Waals surface area contributed by atoms with Crippen molar-refractivity contribution >= 4 is 0 Å². The molecule has 2 heteroatoms.